The second-order valence-electron chi connectivity index (χ2n) is 4.93. The third-order valence-corrected chi connectivity index (χ3v) is 3.55. The Bertz CT molecular complexity index is 729. The van der Waals surface area contributed by atoms with E-state index in [4.69, 9.17) is 4.42 Å². The quantitative estimate of drug-likeness (QED) is 0.660. The molecular formula is C16H15BrN2O5. The van der Waals surface area contributed by atoms with E-state index in [0.717, 1.165) is 5.56 Å². The highest BCUT2D eigenvalue weighted by Crippen LogP contribution is 2.13. The van der Waals surface area contributed by atoms with Crippen LogP contribution in [0.15, 0.2) is 51.6 Å². The largest absolute Gasteiger partial charge is 0.480 e. The summed E-state index contributed by atoms with van der Waals surface area (Å²) in [4.78, 5) is 34.9. The number of hydrogen-bond donors (Lipinski definition) is 3. The number of hydrogen-bond acceptors (Lipinski definition) is 4. The number of furan rings is 1. The van der Waals surface area contributed by atoms with Gasteiger partial charge in [-0.3, -0.25) is 9.59 Å². The van der Waals surface area contributed by atoms with E-state index >= 15 is 0 Å². The third kappa shape index (κ3) is 5.24. The fraction of sp³-hybridized carbons (Fsp3) is 0.188. The van der Waals surface area contributed by atoms with Crippen molar-refractivity contribution in [2.75, 3.05) is 6.54 Å². The van der Waals surface area contributed by atoms with Crippen LogP contribution in [-0.4, -0.2) is 35.5 Å². The first kappa shape index (κ1) is 17.7. The molecule has 1 heterocycles. The topological polar surface area (TPSA) is 109 Å². The Morgan fingerprint density at radius 2 is 1.83 bits per heavy atom. The molecule has 8 heteroatoms. The van der Waals surface area contributed by atoms with Gasteiger partial charge in [0, 0.05) is 6.42 Å². The van der Waals surface area contributed by atoms with E-state index in [1.165, 1.54) is 6.07 Å². The van der Waals surface area contributed by atoms with E-state index in [-0.39, 0.29) is 18.7 Å². The van der Waals surface area contributed by atoms with Crippen molar-refractivity contribution in [2.45, 2.75) is 12.5 Å². The highest BCUT2D eigenvalue weighted by Gasteiger charge is 2.21. The number of benzene rings is 1. The molecule has 3 N–H and O–H groups in total. The van der Waals surface area contributed by atoms with Crippen molar-refractivity contribution in [3.05, 3.63) is 58.5 Å². The number of nitrogens with one attached hydrogen (secondary N) is 2. The molecule has 1 aromatic carbocycles. The van der Waals surface area contributed by atoms with Crippen LogP contribution in [0.4, 0.5) is 0 Å². The number of carbonyl (C=O) groups excluding carboxylic acids is 2. The maximum Gasteiger partial charge on any atom is 0.326 e. The van der Waals surface area contributed by atoms with Gasteiger partial charge in [0.25, 0.3) is 5.91 Å². The first-order chi connectivity index (χ1) is 11.5. The lowest BCUT2D eigenvalue weighted by Gasteiger charge is -2.14. The zero-order valence-corrected chi connectivity index (χ0v) is 14.1. The van der Waals surface area contributed by atoms with Gasteiger partial charge in [0.15, 0.2) is 10.4 Å². The van der Waals surface area contributed by atoms with Crippen LogP contribution in [0.2, 0.25) is 0 Å². The molecule has 1 aromatic heterocycles. The minimum atomic E-state index is -1.14. The molecule has 0 fully saturated rings. The molecule has 0 saturated carbocycles. The lowest BCUT2D eigenvalue weighted by molar-refractivity contribution is -0.141. The van der Waals surface area contributed by atoms with Crippen LogP contribution in [0.1, 0.15) is 16.1 Å². The smallest absolute Gasteiger partial charge is 0.326 e. The second-order valence-corrected chi connectivity index (χ2v) is 5.72. The van der Waals surface area contributed by atoms with E-state index in [9.17, 15) is 19.5 Å². The molecule has 2 aromatic rings. The van der Waals surface area contributed by atoms with Gasteiger partial charge in [-0.2, -0.15) is 0 Å². The van der Waals surface area contributed by atoms with Gasteiger partial charge in [0.05, 0.1) is 6.54 Å². The molecule has 0 aliphatic rings. The summed E-state index contributed by atoms with van der Waals surface area (Å²) in [6.45, 7) is -0.351. The van der Waals surface area contributed by atoms with Crippen molar-refractivity contribution < 1.29 is 23.9 Å². The van der Waals surface area contributed by atoms with E-state index in [0.29, 0.717) is 4.67 Å². The molecule has 0 bridgehead atoms. The molecule has 0 saturated heterocycles. The van der Waals surface area contributed by atoms with Crippen molar-refractivity contribution in [3.63, 3.8) is 0 Å². The minimum absolute atomic E-state index is 0.0498. The summed E-state index contributed by atoms with van der Waals surface area (Å²) < 4.78 is 5.45. The Morgan fingerprint density at radius 1 is 1.12 bits per heavy atom. The second kappa shape index (κ2) is 8.30. The maximum absolute atomic E-state index is 11.9. The SMILES string of the molecule is O=C(CNC(=O)c1ccc(Br)o1)N[C@H](Cc1ccccc1)C(=O)O. The Morgan fingerprint density at radius 3 is 2.42 bits per heavy atom. The Hall–Kier alpha value is -2.61. The van der Waals surface area contributed by atoms with Crippen LogP contribution < -0.4 is 10.6 Å². The average Bonchev–Trinajstić information content (AvgIpc) is 2.99. The van der Waals surface area contributed by atoms with E-state index < -0.39 is 23.8 Å². The number of halogens is 1. The van der Waals surface area contributed by atoms with Crippen LogP contribution in [-0.2, 0) is 16.0 Å². The number of aliphatic carboxylic acids is 1. The first-order valence-electron chi connectivity index (χ1n) is 7.05. The number of amides is 2. The van der Waals surface area contributed by atoms with Gasteiger partial charge in [0.2, 0.25) is 5.91 Å². The van der Waals surface area contributed by atoms with Crippen molar-refractivity contribution >= 4 is 33.7 Å². The summed E-state index contributed by atoms with van der Waals surface area (Å²) in [6, 6.07) is 10.9. The predicted octanol–water partition coefficient (Wildman–Crippen LogP) is 1.58. The van der Waals surface area contributed by atoms with Gasteiger partial charge in [-0.15, -0.1) is 0 Å². The summed E-state index contributed by atoms with van der Waals surface area (Å²) in [7, 11) is 0. The molecule has 0 aliphatic carbocycles. The zero-order chi connectivity index (χ0) is 17.5. The van der Waals surface area contributed by atoms with Crippen molar-refractivity contribution in [1.29, 1.82) is 0 Å². The molecule has 2 amide bonds. The molecule has 0 unspecified atom stereocenters. The zero-order valence-electron chi connectivity index (χ0n) is 12.5. The van der Waals surface area contributed by atoms with E-state index in [1.807, 2.05) is 6.07 Å². The van der Waals surface area contributed by atoms with Crippen LogP contribution >= 0.6 is 15.9 Å². The third-order valence-electron chi connectivity index (χ3n) is 3.12. The standard InChI is InChI=1S/C16H15BrN2O5/c17-13-7-6-12(24-13)15(21)18-9-14(20)19-11(16(22)23)8-10-4-2-1-3-5-10/h1-7,11H,8-9H2,(H,18,21)(H,19,20)(H,22,23)/t11-/m1/s1. The van der Waals surface area contributed by atoms with Gasteiger partial charge < -0.3 is 20.2 Å². The fourth-order valence-electron chi connectivity index (χ4n) is 1.98. The van der Waals surface area contributed by atoms with Crippen LogP contribution in [0.3, 0.4) is 0 Å². The Kier molecular flexibility index (Phi) is 6.14. The van der Waals surface area contributed by atoms with Crippen molar-refractivity contribution in [2.24, 2.45) is 0 Å². The summed E-state index contributed by atoms with van der Waals surface area (Å²) in [5, 5.41) is 14.0. The highest BCUT2D eigenvalue weighted by atomic mass is 79.9. The van der Waals surface area contributed by atoms with Crippen LogP contribution in [0, 0.1) is 0 Å². The molecular weight excluding hydrogens is 380 g/mol. The highest BCUT2D eigenvalue weighted by molar-refractivity contribution is 9.10. The molecule has 1 atom stereocenters. The lowest BCUT2D eigenvalue weighted by atomic mass is 10.1. The summed E-state index contributed by atoms with van der Waals surface area (Å²) in [5.74, 6) is -2.26. The minimum Gasteiger partial charge on any atom is -0.480 e. The molecule has 24 heavy (non-hydrogen) atoms. The van der Waals surface area contributed by atoms with E-state index in [1.54, 1.807) is 30.3 Å². The van der Waals surface area contributed by atoms with E-state index in [2.05, 4.69) is 26.6 Å². The van der Waals surface area contributed by atoms with Gasteiger partial charge in [0.1, 0.15) is 6.04 Å². The molecule has 0 spiro atoms. The molecule has 2 rings (SSSR count). The molecule has 0 radical (unpaired) electrons. The maximum atomic E-state index is 11.9. The number of carboxylic acids is 1. The normalized spacial score (nSPS) is 11.5. The average molecular weight is 395 g/mol. The van der Waals surface area contributed by atoms with Gasteiger partial charge in [-0.05, 0) is 33.6 Å². The van der Waals surface area contributed by atoms with Gasteiger partial charge >= 0.3 is 5.97 Å². The first-order valence-corrected chi connectivity index (χ1v) is 7.84. The number of rotatable bonds is 7. The summed E-state index contributed by atoms with van der Waals surface area (Å²) >= 11 is 3.07. The fourth-order valence-corrected chi connectivity index (χ4v) is 2.29. The summed E-state index contributed by atoms with van der Waals surface area (Å²) in [5.41, 5.74) is 0.787. The van der Waals surface area contributed by atoms with Crippen LogP contribution in [0.25, 0.3) is 0 Å². The van der Waals surface area contributed by atoms with Crippen molar-refractivity contribution in [3.8, 4) is 0 Å². The molecule has 7 nitrogen and oxygen atoms in total. The van der Waals surface area contributed by atoms with Gasteiger partial charge in [-0.1, -0.05) is 30.3 Å². The Balaban J connectivity index is 1.86. The monoisotopic (exact) mass is 394 g/mol. The number of carbonyl (C=O) groups is 3. The van der Waals surface area contributed by atoms with Crippen LogP contribution in [0.5, 0.6) is 0 Å². The predicted molar refractivity (Wildman–Crippen MR) is 88.5 cm³/mol. The Labute approximate surface area is 146 Å². The lowest BCUT2D eigenvalue weighted by Crippen LogP contribution is -2.46. The molecule has 0 aliphatic heterocycles. The number of carboxylic acid groups (broad SMARTS) is 1. The van der Waals surface area contributed by atoms with Crippen molar-refractivity contribution in [1.82, 2.24) is 10.6 Å². The van der Waals surface area contributed by atoms with Gasteiger partial charge in [-0.25, -0.2) is 4.79 Å². The molecule has 126 valence electrons. The summed E-state index contributed by atoms with van der Waals surface area (Å²) in [6.07, 6.45) is 0.154.